The number of aromatic nitrogens is 7. The van der Waals surface area contributed by atoms with E-state index in [0.29, 0.717) is 28.4 Å². The second kappa shape index (κ2) is 7.99. The fraction of sp³-hybridized carbons (Fsp3) is 0.0417. The first kappa shape index (κ1) is 20.9. The Kier molecular flexibility index (Phi) is 4.78. The lowest BCUT2D eigenvalue weighted by atomic mass is 10.1. The van der Waals surface area contributed by atoms with Crippen molar-refractivity contribution in [2.75, 3.05) is 11.0 Å². The van der Waals surface area contributed by atoms with Crippen LogP contribution >= 0.6 is 0 Å². The molecule has 6 aromatic rings. The second-order valence-corrected chi connectivity index (χ2v) is 9.80. The molecule has 0 radical (unpaired) electrons. The van der Waals surface area contributed by atoms with Gasteiger partial charge in [-0.2, -0.15) is 5.10 Å². The molecule has 5 aromatic heterocycles. The molecule has 0 spiro atoms. The number of nitrogens with zero attached hydrogens (tertiary/aromatic N) is 5. The Labute approximate surface area is 199 Å². The zero-order valence-electron chi connectivity index (χ0n) is 18.4. The van der Waals surface area contributed by atoms with E-state index in [1.807, 2.05) is 36.4 Å². The van der Waals surface area contributed by atoms with Crippen molar-refractivity contribution in [3.05, 3.63) is 73.4 Å². The van der Waals surface area contributed by atoms with Gasteiger partial charge in [-0.15, -0.1) is 0 Å². The molecular formula is C24H18N8O2S. The summed E-state index contributed by atoms with van der Waals surface area (Å²) >= 11 is 0. The zero-order chi connectivity index (χ0) is 24.0. The minimum atomic E-state index is -3.42. The van der Waals surface area contributed by atoms with Crippen molar-refractivity contribution in [3.8, 4) is 33.8 Å². The van der Waals surface area contributed by atoms with Gasteiger partial charge in [0.15, 0.2) is 11.5 Å². The van der Waals surface area contributed by atoms with Gasteiger partial charge < -0.3 is 4.98 Å². The number of hydrogen-bond donors (Lipinski definition) is 3. The van der Waals surface area contributed by atoms with Crippen molar-refractivity contribution in [2.45, 2.75) is 0 Å². The van der Waals surface area contributed by atoms with Gasteiger partial charge in [-0.1, -0.05) is 12.1 Å². The highest BCUT2D eigenvalue weighted by Crippen LogP contribution is 2.32. The number of anilines is 1. The summed E-state index contributed by atoms with van der Waals surface area (Å²) in [6, 6.07) is 13.5. The zero-order valence-corrected chi connectivity index (χ0v) is 19.2. The summed E-state index contributed by atoms with van der Waals surface area (Å²) in [5, 5.41) is 8.20. The second-order valence-electron chi connectivity index (χ2n) is 8.05. The molecule has 0 aliphatic rings. The maximum Gasteiger partial charge on any atom is 0.229 e. The maximum absolute atomic E-state index is 11.6. The van der Waals surface area contributed by atoms with Crippen molar-refractivity contribution in [1.82, 2.24) is 35.1 Å². The van der Waals surface area contributed by atoms with Gasteiger partial charge in [0.1, 0.15) is 5.69 Å². The van der Waals surface area contributed by atoms with E-state index in [4.69, 9.17) is 4.98 Å². The molecule has 0 amide bonds. The van der Waals surface area contributed by atoms with Crippen LogP contribution in [0, 0.1) is 0 Å². The average molecular weight is 483 g/mol. The van der Waals surface area contributed by atoms with E-state index in [2.05, 4.69) is 34.9 Å². The molecule has 0 saturated carbocycles. The number of rotatable bonds is 5. The van der Waals surface area contributed by atoms with Gasteiger partial charge in [-0.05, 0) is 35.9 Å². The van der Waals surface area contributed by atoms with Gasteiger partial charge >= 0.3 is 0 Å². The minimum Gasteiger partial charge on any atom is -0.337 e. The summed E-state index contributed by atoms with van der Waals surface area (Å²) in [6.07, 6.45) is 9.40. The van der Waals surface area contributed by atoms with Crippen molar-refractivity contribution >= 4 is 37.8 Å². The van der Waals surface area contributed by atoms with Crippen LogP contribution in [0.4, 0.5) is 5.69 Å². The van der Waals surface area contributed by atoms with Crippen LogP contribution in [-0.2, 0) is 10.0 Å². The van der Waals surface area contributed by atoms with Crippen molar-refractivity contribution < 1.29 is 8.42 Å². The lowest BCUT2D eigenvalue weighted by Gasteiger charge is -2.06. The summed E-state index contributed by atoms with van der Waals surface area (Å²) in [6.45, 7) is 0. The number of aromatic amines is 2. The van der Waals surface area contributed by atoms with Crippen molar-refractivity contribution in [2.24, 2.45) is 0 Å². The quantitative estimate of drug-likeness (QED) is 0.337. The van der Waals surface area contributed by atoms with Crippen LogP contribution in [0.15, 0.2) is 73.4 Å². The van der Waals surface area contributed by atoms with Gasteiger partial charge in [0.05, 0.1) is 34.6 Å². The van der Waals surface area contributed by atoms with Crippen molar-refractivity contribution in [3.63, 3.8) is 0 Å². The number of para-hydroxylation sites is 1. The number of benzene rings is 1. The predicted molar refractivity (Wildman–Crippen MR) is 134 cm³/mol. The van der Waals surface area contributed by atoms with Gasteiger partial charge in [-0.25, -0.2) is 18.4 Å². The Morgan fingerprint density at radius 1 is 0.914 bits per heavy atom. The third kappa shape index (κ3) is 3.97. The molecule has 0 atom stereocenters. The number of nitrogens with one attached hydrogen (secondary N) is 3. The smallest absolute Gasteiger partial charge is 0.229 e. The van der Waals surface area contributed by atoms with Crippen molar-refractivity contribution in [1.29, 1.82) is 0 Å². The fourth-order valence-electron chi connectivity index (χ4n) is 4.02. The minimum absolute atomic E-state index is 0.374. The largest absolute Gasteiger partial charge is 0.337 e. The Morgan fingerprint density at radius 3 is 2.57 bits per heavy atom. The first-order chi connectivity index (χ1) is 16.9. The number of H-pyrrole nitrogens is 2. The molecule has 0 aliphatic carbocycles. The maximum atomic E-state index is 11.6. The summed E-state index contributed by atoms with van der Waals surface area (Å²) in [5.74, 6) is 0.609. The van der Waals surface area contributed by atoms with E-state index in [1.165, 1.54) is 6.20 Å². The predicted octanol–water partition coefficient (Wildman–Crippen LogP) is 4.00. The van der Waals surface area contributed by atoms with Crippen LogP contribution in [0.2, 0.25) is 0 Å². The number of sulfonamides is 1. The lowest BCUT2D eigenvalue weighted by Crippen LogP contribution is -2.09. The molecule has 0 fully saturated rings. The van der Waals surface area contributed by atoms with E-state index in [0.717, 1.165) is 39.4 Å². The first-order valence-electron chi connectivity index (χ1n) is 10.6. The Hall–Kier alpha value is -4.64. The molecule has 6 rings (SSSR count). The van der Waals surface area contributed by atoms with Crippen LogP contribution in [0.25, 0.3) is 55.8 Å². The van der Waals surface area contributed by atoms with Crippen LogP contribution in [0.5, 0.6) is 0 Å². The first-order valence-corrected chi connectivity index (χ1v) is 12.5. The topological polar surface area (TPSA) is 142 Å². The molecule has 3 N–H and O–H groups in total. The van der Waals surface area contributed by atoms with Crippen LogP contribution in [0.1, 0.15) is 0 Å². The molecule has 5 heterocycles. The van der Waals surface area contributed by atoms with Crippen LogP contribution in [-0.4, -0.2) is 49.8 Å². The van der Waals surface area contributed by atoms with E-state index in [-0.39, 0.29) is 0 Å². The van der Waals surface area contributed by atoms with Gasteiger partial charge in [0.2, 0.25) is 10.0 Å². The number of pyridine rings is 3. The lowest BCUT2D eigenvalue weighted by molar-refractivity contribution is 0.607. The Bertz CT molecular complexity index is 1810. The number of fused-ring (bicyclic) bond motifs is 2. The van der Waals surface area contributed by atoms with E-state index >= 15 is 0 Å². The highest BCUT2D eigenvalue weighted by Gasteiger charge is 2.16. The third-order valence-corrected chi connectivity index (χ3v) is 6.13. The summed E-state index contributed by atoms with van der Waals surface area (Å²) in [5.41, 5.74) is 6.82. The summed E-state index contributed by atoms with van der Waals surface area (Å²) in [7, 11) is -3.42. The molecule has 172 valence electrons. The highest BCUT2D eigenvalue weighted by atomic mass is 32.2. The monoisotopic (exact) mass is 482 g/mol. The molecule has 0 bridgehead atoms. The average Bonchev–Trinajstić information content (AvgIpc) is 3.47. The molecule has 0 unspecified atom stereocenters. The van der Waals surface area contributed by atoms with E-state index in [1.54, 1.807) is 30.9 Å². The van der Waals surface area contributed by atoms with Crippen LogP contribution < -0.4 is 4.72 Å². The molecule has 0 saturated heterocycles. The number of hydrogen-bond acceptors (Lipinski definition) is 7. The molecule has 35 heavy (non-hydrogen) atoms. The highest BCUT2D eigenvalue weighted by molar-refractivity contribution is 7.92. The van der Waals surface area contributed by atoms with Gasteiger partial charge in [0, 0.05) is 41.5 Å². The summed E-state index contributed by atoms with van der Waals surface area (Å²) in [4.78, 5) is 21.0. The Morgan fingerprint density at radius 2 is 1.74 bits per heavy atom. The molecule has 0 aliphatic heterocycles. The molecule has 11 heteroatoms. The van der Waals surface area contributed by atoms with Gasteiger partial charge in [0.25, 0.3) is 0 Å². The Balaban J connectivity index is 1.45. The number of imidazole rings is 1. The van der Waals surface area contributed by atoms with E-state index in [9.17, 15) is 8.42 Å². The molecular weight excluding hydrogens is 464 g/mol. The standard InChI is InChI=1S/C24H18N8O2S/c1-35(33,34)32-17-9-15(11-26-13-17)16-10-19-22(30-31-23(19)27-12-16)24-28-20-4-2-3-18(21(20)29-24)14-5-7-25-8-6-14/h2-13,32H,1H3,(H,28,29)(H,27,30,31). The summed E-state index contributed by atoms with van der Waals surface area (Å²) < 4.78 is 25.6. The van der Waals surface area contributed by atoms with Gasteiger partial charge in [-0.3, -0.25) is 19.8 Å². The fourth-order valence-corrected chi connectivity index (χ4v) is 4.56. The normalized spacial score (nSPS) is 11.8. The third-order valence-electron chi connectivity index (χ3n) is 5.52. The van der Waals surface area contributed by atoms with Crippen LogP contribution in [0.3, 0.4) is 0 Å². The SMILES string of the molecule is CS(=O)(=O)Nc1cncc(-c2cnc3[nH]nc(-c4nc5c(-c6ccncc6)cccc5[nH]4)c3c2)c1. The van der Waals surface area contributed by atoms with E-state index < -0.39 is 10.0 Å². The molecule has 1 aromatic carbocycles. The molecule has 10 nitrogen and oxygen atoms in total.